The molecule has 0 N–H and O–H groups in total. The van der Waals surface area contributed by atoms with E-state index >= 15 is 0 Å². The monoisotopic (exact) mass is 469 g/mol. The van der Waals surface area contributed by atoms with Crippen molar-refractivity contribution in [3.05, 3.63) is 132 Å². The van der Waals surface area contributed by atoms with Crippen molar-refractivity contribution < 1.29 is 6.85 Å². The van der Waals surface area contributed by atoms with Crippen LogP contribution in [0, 0.1) is 0 Å². The molecule has 7 aromatic rings. The zero-order valence-corrected chi connectivity index (χ0v) is 19.4. The summed E-state index contributed by atoms with van der Waals surface area (Å²) in [6.45, 7) is 0. The second kappa shape index (κ2) is 7.98. The third kappa shape index (κ3) is 3.15. The van der Waals surface area contributed by atoms with Crippen molar-refractivity contribution in [3.8, 4) is 22.3 Å². The molecule has 0 nitrogen and oxygen atoms in total. The van der Waals surface area contributed by atoms with Crippen molar-refractivity contribution in [2.45, 2.75) is 0 Å². The maximum Gasteiger partial charge on any atom is 0.0629 e. The highest BCUT2D eigenvalue weighted by molar-refractivity contribution is 6.32. The summed E-state index contributed by atoms with van der Waals surface area (Å²) in [5.74, 6) is 0. The van der Waals surface area contributed by atoms with Crippen LogP contribution in [0.4, 0.5) is 0 Å². The first-order chi connectivity index (χ1) is 19.4. The number of halogens is 1. The topological polar surface area (TPSA) is 0 Å². The molecule has 0 aliphatic carbocycles. The van der Waals surface area contributed by atoms with Gasteiger partial charge in [-0.05, 0) is 83.5 Å². The average Bonchev–Trinajstić information content (AvgIpc) is 2.98. The van der Waals surface area contributed by atoms with Crippen LogP contribution in [0.3, 0.4) is 0 Å². The van der Waals surface area contributed by atoms with Crippen molar-refractivity contribution in [1.29, 1.82) is 0 Å². The molecule has 0 fully saturated rings. The fourth-order valence-electron chi connectivity index (χ4n) is 5.35. The van der Waals surface area contributed by atoms with Gasteiger partial charge in [-0.15, -0.1) is 0 Å². The molecule has 0 saturated carbocycles. The van der Waals surface area contributed by atoms with E-state index in [0.29, 0.717) is 10.6 Å². The van der Waals surface area contributed by atoms with E-state index in [-0.39, 0.29) is 29.7 Å². The quantitative estimate of drug-likeness (QED) is 0.174. The summed E-state index contributed by atoms with van der Waals surface area (Å²) in [6, 6.07) is 30.8. The lowest BCUT2D eigenvalue weighted by Gasteiger charge is -2.19. The van der Waals surface area contributed by atoms with Crippen molar-refractivity contribution in [2.75, 3.05) is 0 Å². The molecule has 0 bridgehead atoms. The highest BCUT2D eigenvalue weighted by atomic mass is 35.5. The second-order valence-corrected chi connectivity index (χ2v) is 9.11. The first-order valence-electron chi connectivity index (χ1n) is 14.0. The van der Waals surface area contributed by atoms with Crippen LogP contribution in [0.25, 0.3) is 65.3 Å². The molecule has 0 amide bonds. The Morgan fingerprint density at radius 3 is 1.66 bits per heavy atom. The maximum absolute atomic E-state index is 8.77. The highest BCUT2D eigenvalue weighted by Gasteiger charge is 2.18. The highest BCUT2D eigenvalue weighted by Crippen LogP contribution is 2.46. The molecule has 0 aliphatic heterocycles. The largest absolute Gasteiger partial charge is 0.0843 e. The van der Waals surface area contributed by atoms with Gasteiger partial charge in [0.15, 0.2) is 0 Å². The first kappa shape index (κ1) is 15.7. The van der Waals surface area contributed by atoms with Crippen LogP contribution in [0.5, 0.6) is 0 Å². The lowest BCUT2D eigenvalue weighted by molar-refractivity contribution is 1.67. The molecule has 0 spiro atoms. The van der Waals surface area contributed by atoms with Gasteiger partial charge < -0.3 is 0 Å². The predicted molar refractivity (Wildman–Crippen MR) is 152 cm³/mol. The van der Waals surface area contributed by atoms with Gasteiger partial charge in [0.1, 0.15) is 0 Å². The van der Waals surface area contributed by atoms with E-state index in [4.69, 9.17) is 18.5 Å². The van der Waals surface area contributed by atoms with Gasteiger partial charge in [-0.2, -0.15) is 0 Å². The third-order valence-electron chi connectivity index (χ3n) is 6.77. The number of hydrogen-bond donors (Lipinski definition) is 0. The summed E-state index contributed by atoms with van der Waals surface area (Å²) in [5.41, 5.74) is 2.92. The maximum atomic E-state index is 8.77. The van der Waals surface area contributed by atoms with E-state index in [1.54, 1.807) is 0 Å². The molecule has 7 rings (SSSR count). The molecule has 0 unspecified atom stereocenters. The number of hydrogen-bond acceptors (Lipinski definition) is 0. The Labute approximate surface area is 216 Å². The predicted octanol–water partition coefficient (Wildman–Crippen LogP) is 10.3. The van der Waals surface area contributed by atoms with E-state index < -0.39 is 6.04 Å². The molecular weight excluding hydrogens is 444 g/mol. The summed E-state index contributed by atoms with van der Waals surface area (Å²) < 4.78 is 42.4. The van der Waals surface area contributed by atoms with Crippen molar-refractivity contribution in [3.63, 3.8) is 0 Å². The zero-order valence-electron chi connectivity index (χ0n) is 23.6. The fraction of sp³-hybridized carbons (Fsp3) is 0. The molecule has 1 heteroatoms. The minimum Gasteiger partial charge on any atom is -0.0843 e. The Morgan fingerprint density at radius 1 is 0.486 bits per heavy atom. The van der Waals surface area contributed by atoms with Crippen LogP contribution in [-0.2, 0) is 0 Å². The molecule has 164 valence electrons. The average molecular weight is 470 g/mol. The van der Waals surface area contributed by atoms with Gasteiger partial charge in [0.2, 0.25) is 0 Å². The minimum absolute atomic E-state index is 0.208. The Kier molecular flexibility index (Phi) is 3.58. The van der Waals surface area contributed by atoms with Crippen molar-refractivity contribution in [2.24, 2.45) is 0 Å². The number of fused-ring (bicyclic) bond motifs is 5. The summed E-state index contributed by atoms with van der Waals surface area (Å²) in [4.78, 5) is 0. The molecule has 0 heterocycles. The molecule has 0 atom stereocenters. The molecule has 0 aromatic heterocycles. The lowest BCUT2D eigenvalue weighted by atomic mass is 9.84. The van der Waals surface area contributed by atoms with Gasteiger partial charge in [0.05, 0.1) is 6.85 Å². The minimum atomic E-state index is -0.398. The number of rotatable bonds is 2. The summed E-state index contributed by atoms with van der Waals surface area (Å²) in [7, 11) is 0. The van der Waals surface area contributed by atoms with Crippen molar-refractivity contribution >= 4 is 54.7 Å². The summed E-state index contributed by atoms with van der Waals surface area (Å²) in [6.07, 6.45) is 0. The van der Waals surface area contributed by atoms with Gasteiger partial charge in [-0.25, -0.2) is 0 Å². The molecule has 0 radical (unpaired) electrons. The van der Waals surface area contributed by atoms with Gasteiger partial charge in [-0.1, -0.05) is 121 Å². The summed E-state index contributed by atoms with van der Waals surface area (Å²) >= 11 is 6.43. The van der Waals surface area contributed by atoms with E-state index in [0.717, 1.165) is 54.2 Å². The second-order valence-electron chi connectivity index (χ2n) is 8.68. The Balaban J connectivity index is 1.72. The third-order valence-corrected chi connectivity index (χ3v) is 7.01. The number of benzene rings is 7. The van der Waals surface area contributed by atoms with Crippen LogP contribution < -0.4 is 0 Å². The zero-order chi connectivity index (χ0) is 27.7. The van der Waals surface area contributed by atoms with Crippen LogP contribution in [0.2, 0.25) is 5.02 Å². The molecule has 35 heavy (non-hydrogen) atoms. The van der Waals surface area contributed by atoms with Gasteiger partial charge >= 0.3 is 0 Å². The van der Waals surface area contributed by atoms with E-state index in [9.17, 15) is 0 Å². The van der Waals surface area contributed by atoms with Crippen LogP contribution in [-0.4, -0.2) is 0 Å². The normalized spacial score (nSPS) is 13.6. The lowest BCUT2D eigenvalue weighted by Crippen LogP contribution is -1.92. The van der Waals surface area contributed by atoms with Gasteiger partial charge in [-0.3, -0.25) is 0 Å². The summed E-state index contributed by atoms with van der Waals surface area (Å²) in [5, 5.41) is 8.56. The van der Waals surface area contributed by atoms with Gasteiger partial charge in [0.25, 0.3) is 0 Å². The Morgan fingerprint density at radius 2 is 1.03 bits per heavy atom. The van der Waals surface area contributed by atoms with E-state index in [1.165, 1.54) is 0 Å². The van der Waals surface area contributed by atoms with Crippen LogP contribution in [0.1, 0.15) is 6.85 Å². The smallest absolute Gasteiger partial charge is 0.0629 e. The molecule has 0 aliphatic rings. The van der Waals surface area contributed by atoms with E-state index in [1.807, 2.05) is 72.8 Å². The van der Waals surface area contributed by atoms with E-state index in [2.05, 4.69) is 24.3 Å². The van der Waals surface area contributed by atoms with Crippen LogP contribution in [0.15, 0.2) is 127 Å². The fourth-order valence-corrected chi connectivity index (χ4v) is 5.53. The Hall–Kier alpha value is -4.13. The van der Waals surface area contributed by atoms with Crippen molar-refractivity contribution in [1.82, 2.24) is 0 Å². The molecule has 7 aromatic carbocycles. The molecule has 0 saturated heterocycles. The first-order valence-corrected chi connectivity index (χ1v) is 11.9. The standard InChI is InChI=1S/C34H21Cl/c35-24-18-19-25-23(20-24)21-32(27-13-5-4-12-26(25)27)34-30-16-8-6-14-28(30)33(22-10-2-1-3-11-22)29-15-7-9-17-31(29)34/h1-21H/i1D,2D,3D,10D,11D. The Bertz CT molecular complexity index is 2100. The molecular formula is C34H21Cl. The van der Waals surface area contributed by atoms with Crippen LogP contribution >= 0.6 is 11.6 Å². The van der Waals surface area contributed by atoms with Gasteiger partial charge in [0, 0.05) is 5.02 Å². The SMILES string of the molecule is [2H]c1c([2H])c([2H])c(-c2c3ccccc3c(-c3cc4cc(Cl)ccc4c4ccccc34)c3ccccc23)c([2H])c1[2H].